The van der Waals surface area contributed by atoms with E-state index in [2.05, 4.69) is 46.8 Å². The lowest BCUT2D eigenvalue weighted by Gasteiger charge is -2.37. The second-order valence-electron chi connectivity index (χ2n) is 5.93. The molecule has 3 unspecified atom stereocenters. The number of piperidine rings is 1. The average Bonchev–Trinajstić information content (AvgIpc) is 2.84. The number of likely N-dealkylation sites (tertiary alicyclic amines) is 1. The Morgan fingerprint density at radius 1 is 1.40 bits per heavy atom. The van der Waals surface area contributed by atoms with Gasteiger partial charge in [-0.05, 0) is 50.1 Å². The molecule has 1 aromatic carbocycles. The molecule has 0 spiro atoms. The first-order valence-corrected chi connectivity index (χ1v) is 8.02. The Morgan fingerprint density at radius 2 is 2.20 bits per heavy atom. The highest BCUT2D eigenvalue weighted by Crippen LogP contribution is 2.31. The molecule has 108 valence electrons. The first-order valence-electron chi connectivity index (χ1n) is 7.23. The molecule has 0 aliphatic carbocycles. The van der Waals surface area contributed by atoms with Gasteiger partial charge < -0.3 is 10.2 Å². The number of halogens is 1. The van der Waals surface area contributed by atoms with Crippen LogP contribution in [0.25, 0.3) is 11.0 Å². The van der Waals surface area contributed by atoms with E-state index in [4.69, 9.17) is 10.2 Å². The Morgan fingerprint density at radius 3 is 2.95 bits per heavy atom. The standard InChI is InChI=1S/C16H21BrN2O/c1-10-5-6-19(9-14(10)18)11(2)16-8-12-7-13(17)3-4-15(12)20-16/h3-4,7-8,10-11,14H,5-6,9,18H2,1-2H3. The number of fused-ring (bicyclic) bond motifs is 1. The second kappa shape index (κ2) is 5.51. The quantitative estimate of drug-likeness (QED) is 0.903. The van der Waals surface area contributed by atoms with Gasteiger partial charge in [0.05, 0.1) is 6.04 Å². The topological polar surface area (TPSA) is 42.4 Å². The maximum Gasteiger partial charge on any atom is 0.134 e. The van der Waals surface area contributed by atoms with Crippen molar-refractivity contribution in [1.29, 1.82) is 0 Å². The zero-order valence-corrected chi connectivity index (χ0v) is 13.6. The Balaban J connectivity index is 1.83. The monoisotopic (exact) mass is 336 g/mol. The van der Waals surface area contributed by atoms with Gasteiger partial charge in [0.25, 0.3) is 0 Å². The Labute approximate surface area is 128 Å². The van der Waals surface area contributed by atoms with E-state index in [9.17, 15) is 0 Å². The largest absolute Gasteiger partial charge is 0.459 e. The summed E-state index contributed by atoms with van der Waals surface area (Å²) in [6, 6.07) is 8.82. The molecule has 1 aromatic heterocycles. The minimum absolute atomic E-state index is 0.268. The van der Waals surface area contributed by atoms with Crippen molar-refractivity contribution >= 4 is 26.9 Å². The molecular weight excluding hydrogens is 316 g/mol. The molecule has 1 aliphatic heterocycles. The molecule has 0 saturated carbocycles. The highest BCUT2D eigenvalue weighted by atomic mass is 79.9. The van der Waals surface area contributed by atoms with Gasteiger partial charge in [0.2, 0.25) is 0 Å². The zero-order valence-electron chi connectivity index (χ0n) is 12.0. The van der Waals surface area contributed by atoms with E-state index in [0.717, 1.165) is 40.7 Å². The molecule has 20 heavy (non-hydrogen) atoms. The van der Waals surface area contributed by atoms with Crippen molar-refractivity contribution in [3.05, 3.63) is 34.5 Å². The van der Waals surface area contributed by atoms with Crippen molar-refractivity contribution in [2.75, 3.05) is 13.1 Å². The first kappa shape index (κ1) is 14.1. The summed E-state index contributed by atoms with van der Waals surface area (Å²) in [6.07, 6.45) is 1.16. The van der Waals surface area contributed by atoms with Crippen LogP contribution in [-0.2, 0) is 0 Å². The minimum Gasteiger partial charge on any atom is -0.459 e. The summed E-state index contributed by atoms with van der Waals surface area (Å²) in [5.41, 5.74) is 7.15. The SMILES string of the molecule is CC1CCN(C(C)c2cc3cc(Br)ccc3o2)CC1N. The number of furan rings is 1. The molecule has 1 saturated heterocycles. The zero-order chi connectivity index (χ0) is 14.3. The lowest BCUT2D eigenvalue weighted by Crippen LogP contribution is -2.48. The van der Waals surface area contributed by atoms with Crippen LogP contribution in [0, 0.1) is 5.92 Å². The van der Waals surface area contributed by atoms with Crippen LogP contribution in [0.15, 0.2) is 33.2 Å². The molecule has 3 atom stereocenters. The van der Waals surface area contributed by atoms with Crippen molar-refractivity contribution in [1.82, 2.24) is 4.90 Å². The second-order valence-corrected chi connectivity index (χ2v) is 6.85. The maximum atomic E-state index is 6.20. The third-order valence-electron chi connectivity index (χ3n) is 4.50. The lowest BCUT2D eigenvalue weighted by molar-refractivity contribution is 0.117. The van der Waals surface area contributed by atoms with E-state index in [0.29, 0.717) is 5.92 Å². The van der Waals surface area contributed by atoms with Crippen LogP contribution >= 0.6 is 15.9 Å². The molecule has 4 heteroatoms. The molecular formula is C16H21BrN2O. The Bertz CT molecular complexity index is 610. The van der Waals surface area contributed by atoms with Crippen molar-refractivity contribution in [2.24, 2.45) is 11.7 Å². The van der Waals surface area contributed by atoms with Crippen LogP contribution in [0.1, 0.15) is 32.1 Å². The fraction of sp³-hybridized carbons (Fsp3) is 0.500. The van der Waals surface area contributed by atoms with E-state index in [1.54, 1.807) is 0 Å². The van der Waals surface area contributed by atoms with Gasteiger partial charge in [-0.15, -0.1) is 0 Å². The van der Waals surface area contributed by atoms with E-state index < -0.39 is 0 Å². The predicted molar refractivity (Wildman–Crippen MR) is 85.7 cm³/mol. The van der Waals surface area contributed by atoms with Crippen LogP contribution in [0.3, 0.4) is 0 Å². The summed E-state index contributed by atoms with van der Waals surface area (Å²) in [6.45, 7) is 6.49. The smallest absolute Gasteiger partial charge is 0.134 e. The predicted octanol–water partition coefficient (Wildman–Crippen LogP) is 3.93. The molecule has 2 aromatic rings. The summed E-state index contributed by atoms with van der Waals surface area (Å²) < 4.78 is 7.08. The molecule has 0 bridgehead atoms. The van der Waals surface area contributed by atoms with Gasteiger partial charge >= 0.3 is 0 Å². The molecule has 0 amide bonds. The third-order valence-corrected chi connectivity index (χ3v) is 5.00. The summed E-state index contributed by atoms with van der Waals surface area (Å²) >= 11 is 3.50. The van der Waals surface area contributed by atoms with Gasteiger partial charge in [-0.2, -0.15) is 0 Å². The number of hydrogen-bond acceptors (Lipinski definition) is 3. The average molecular weight is 337 g/mol. The number of rotatable bonds is 2. The van der Waals surface area contributed by atoms with Gasteiger partial charge in [-0.3, -0.25) is 4.90 Å². The van der Waals surface area contributed by atoms with E-state index >= 15 is 0 Å². The van der Waals surface area contributed by atoms with Gasteiger partial charge in [0.1, 0.15) is 11.3 Å². The van der Waals surface area contributed by atoms with Crippen molar-refractivity contribution in [3.63, 3.8) is 0 Å². The fourth-order valence-corrected chi connectivity index (χ4v) is 3.28. The minimum atomic E-state index is 0.268. The van der Waals surface area contributed by atoms with Crippen LogP contribution < -0.4 is 5.73 Å². The van der Waals surface area contributed by atoms with Crippen LogP contribution in [0.5, 0.6) is 0 Å². The summed E-state index contributed by atoms with van der Waals surface area (Å²) in [5, 5.41) is 1.15. The first-order chi connectivity index (χ1) is 9.54. The molecule has 2 N–H and O–H groups in total. The van der Waals surface area contributed by atoms with Crippen LogP contribution in [0.2, 0.25) is 0 Å². The van der Waals surface area contributed by atoms with Crippen molar-refractivity contribution in [3.8, 4) is 0 Å². The van der Waals surface area contributed by atoms with Gasteiger partial charge in [0.15, 0.2) is 0 Å². The fourth-order valence-electron chi connectivity index (χ4n) is 2.90. The van der Waals surface area contributed by atoms with Gasteiger partial charge in [-0.1, -0.05) is 22.9 Å². The van der Waals surface area contributed by atoms with Crippen molar-refractivity contribution < 1.29 is 4.42 Å². The molecule has 3 nitrogen and oxygen atoms in total. The normalized spacial score (nSPS) is 26.0. The van der Waals surface area contributed by atoms with Crippen LogP contribution in [0.4, 0.5) is 0 Å². The summed E-state index contributed by atoms with van der Waals surface area (Å²) in [4.78, 5) is 2.43. The third kappa shape index (κ3) is 2.65. The Kier molecular flexibility index (Phi) is 3.89. The highest BCUT2D eigenvalue weighted by molar-refractivity contribution is 9.10. The number of hydrogen-bond donors (Lipinski definition) is 1. The van der Waals surface area contributed by atoms with E-state index in [1.807, 2.05) is 12.1 Å². The van der Waals surface area contributed by atoms with E-state index in [-0.39, 0.29) is 12.1 Å². The molecule has 3 rings (SSSR count). The number of nitrogens with zero attached hydrogens (tertiary/aromatic N) is 1. The Hall–Kier alpha value is -0.840. The van der Waals surface area contributed by atoms with Gasteiger partial charge in [0, 0.05) is 22.4 Å². The van der Waals surface area contributed by atoms with Crippen LogP contribution in [-0.4, -0.2) is 24.0 Å². The van der Waals surface area contributed by atoms with Crippen molar-refractivity contribution in [2.45, 2.75) is 32.4 Å². The summed E-state index contributed by atoms with van der Waals surface area (Å²) in [5.74, 6) is 1.64. The summed E-state index contributed by atoms with van der Waals surface area (Å²) in [7, 11) is 0. The lowest BCUT2D eigenvalue weighted by atomic mass is 9.93. The maximum absolute atomic E-state index is 6.20. The van der Waals surface area contributed by atoms with Gasteiger partial charge in [-0.25, -0.2) is 0 Å². The molecule has 1 fully saturated rings. The number of nitrogens with two attached hydrogens (primary N) is 1. The molecule has 1 aliphatic rings. The van der Waals surface area contributed by atoms with E-state index in [1.165, 1.54) is 0 Å². The number of benzene rings is 1. The molecule has 2 heterocycles. The highest BCUT2D eigenvalue weighted by Gasteiger charge is 2.28. The molecule has 0 radical (unpaired) electrons.